The summed E-state index contributed by atoms with van der Waals surface area (Å²) >= 11 is 0. The summed E-state index contributed by atoms with van der Waals surface area (Å²) in [6, 6.07) is 38.2. The van der Waals surface area contributed by atoms with Crippen molar-refractivity contribution in [3.05, 3.63) is 155 Å². The highest BCUT2D eigenvalue weighted by Gasteiger charge is 2.45. The van der Waals surface area contributed by atoms with Gasteiger partial charge >= 0.3 is 12.1 Å². The highest BCUT2D eigenvalue weighted by Crippen LogP contribution is 2.29. The summed E-state index contributed by atoms with van der Waals surface area (Å²) in [6.07, 6.45) is -2.24. The second-order valence-corrected chi connectivity index (χ2v) is 12.7. The van der Waals surface area contributed by atoms with Gasteiger partial charge in [-0.2, -0.15) is 0 Å². The van der Waals surface area contributed by atoms with E-state index in [2.05, 4.69) is 10.6 Å². The molecule has 0 aromatic heterocycles. The summed E-state index contributed by atoms with van der Waals surface area (Å²) < 4.78 is 30.6. The minimum absolute atomic E-state index is 0.0176. The molecule has 49 heavy (non-hydrogen) atoms. The van der Waals surface area contributed by atoms with E-state index in [1.165, 1.54) is 0 Å². The molecule has 1 fully saturated rings. The Hall–Kier alpha value is -4.96. The number of benzene rings is 4. The largest absolute Gasteiger partial charge is 0.455 e. The van der Waals surface area contributed by atoms with Crippen molar-refractivity contribution in [1.29, 1.82) is 0 Å². The number of carbonyl (C=O) groups is 2. The van der Waals surface area contributed by atoms with E-state index in [1.54, 1.807) is 20.8 Å². The Morgan fingerprint density at radius 1 is 0.653 bits per heavy atom. The average Bonchev–Trinajstić information content (AvgIpc) is 3.45. The SMILES string of the molecule is CC(C)(C)OC(=O)/C(NC(=O)OCc1ccccc1)=C1/N[C@@H](COCc2ccccc2)[C@@H](OCc2ccccc2)[C@@H]1OCc1ccccc1. The van der Waals surface area contributed by atoms with Gasteiger partial charge in [0, 0.05) is 0 Å². The fourth-order valence-electron chi connectivity index (χ4n) is 5.30. The monoisotopic (exact) mass is 664 g/mol. The number of ether oxygens (including phenoxy) is 5. The van der Waals surface area contributed by atoms with Crippen molar-refractivity contribution in [2.24, 2.45) is 0 Å². The maximum atomic E-state index is 13.8. The van der Waals surface area contributed by atoms with Crippen LogP contribution < -0.4 is 10.6 Å². The molecule has 4 aromatic rings. The summed E-state index contributed by atoms with van der Waals surface area (Å²) in [4.78, 5) is 27.1. The number of carbonyl (C=O) groups excluding carboxylic acids is 2. The van der Waals surface area contributed by atoms with Gasteiger partial charge in [-0.05, 0) is 43.0 Å². The van der Waals surface area contributed by atoms with E-state index >= 15 is 0 Å². The lowest BCUT2D eigenvalue weighted by atomic mass is 10.1. The minimum Gasteiger partial charge on any atom is -0.455 e. The van der Waals surface area contributed by atoms with Gasteiger partial charge in [-0.3, -0.25) is 5.32 Å². The van der Waals surface area contributed by atoms with E-state index in [4.69, 9.17) is 23.7 Å². The number of esters is 1. The van der Waals surface area contributed by atoms with E-state index in [9.17, 15) is 9.59 Å². The van der Waals surface area contributed by atoms with Gasteiger partial charge in [0.05, 0.1) is 38.2 Å². The highest BCUT2D eigenvalue weighted by molar-refractivity contribution is 5.93. The van der Waals surface area contributed by atoms with E-state index < -0.39 is 35.9 Å². The zero-order valence-electron chi connectivity index (χ0n) is 28.2. The normalized spacial score (nSPS) is 18.3. The van der Waals surface area contributed by atoms with Gasteiger partial charge in [0.2, 0.25) is 0 Å². The second-order valence-electron chi connectivity index (χ2n) is 12.7. The first-order valence-electron chi connectivity index (χ1n) is 16.4. The maximum absolute atomic E-state index is 13.8. The molecular weight excluding hydrogens is 620 g/mol. The molecule has 1 saturated heterocycles. The first-order chi connectivity index (χ1) is 23.7. The molecule has 0 spiro atoms. The molecule has 1 aliphatic rings. The Labute approximate surface area is 288 Å². The highest BCUT2D eigenvalue weighted by atomic mass is 16.6. The first-order valence-corrected chi connectivity index (χ1v) is 16.4. The van der Waals surface area contributed by atoms with Crippen LogP contribution in [0.5, 0.6) is 0 Å². The molecular formula is C40H44N2O7. The van der Waals surface area contributed by atoms with E-state index in [1.807, 2.05) is 121 Å². The number of hydrogen-bond acceptors (Lipinski definition) is 8. The van der Waals surface area contributed by atoms with Crippen LogP contribution in [-0.2, 0) is 54.9 Å². The predicted molar refractivity (Wildman–Crippen MR) is 186 cm³/mol. The summed E-state index contributed by atoms with van der Waals surface area (Å²) in [5, 5.41) is 6.11. The van der Waals surface area contributed by atoms with Crippen molar-refractivity contribution >= 4 is 12.1 Å². The molecule has 0 unspecified atom stereocenters. The van der Waals surface area contributed by atoms with Crippen LogP contribution in [0.3, 0.4) is 0 Å². The Bertz CT molecular complexity index is 1640. The summed E-state index contributed by atoms with van der Waals surface area (Å²) in [5.74, 6) is -0.743. The van der Waals surface area contributed by atoms with Crippen molar-refractivity contribution in [3.8, 4) is 0 Å². The standard InChI is InChI=1S/C40H44N2O7/c1-40(2,3)49-38(43)35(42-39(44)48-27-32-22-14-7-15-23-32)34-37(47-26-31-20-12-6-13-21-31)36(46-25-30-18-10-5-11-19-30)33(41-34)28-45-24-29-16-8-4-9-17-29/h4-23,33,36-37,41H,24-28H2,1-3H3,(H,42,44)/b35-34-/t33-,36+,37+/m0/s1. The maximum Gasteiger partial charge on any atom is 0.412 e. The van der Waals surface area contributed by atoms with Gasteiger partial charge in [0.1, 0.15) is 24.4 Å². The fourth-order valence-corrected chi connectivity index (χ4v) is 5.30. The van der Waals surface area contributed by atoms with Crippen molar-refractivity contribution in [2.75, 3.05) is 6.61 Å². The van der Waals surface area contributed by atoms with Crippen LogP contribution in [0.25, 0.3) is 0 Å². The van der Waals surface area contributed by atoms with Crippen molar-refractivity contribution in [3.63, 3.8) is 0 Å². The fraction of sp³-hybridized carbons (Fsp3) is 0.300. The molecule has 2 N–H and O–H groups in total. The first kappa shape index (κ1) is 35.3. The van der Waals surface area contributed by atoms with Crippen LogP contribution >= 0.6 is 0 Å². The molecule has 1 heterocycles. The van der Waals surface area contributed by atoms with E-state index in [0.717, 1.165) is 22.3 Å². The van der Waals surface area contributed by atoms with Crippen LogP contribution in [0.1, 0.15) is 43.0 Å². The van der Waals surface area contributed by atoms with Crippen molar-refractivity contribution < 1.29 is 33.3 Å². The molecule has 256 valence electrons. The van der Waals surface area contributed by atoms with Crippen LogP contribution in [0.15, 0.2) is 133 Å². The average molecular weight is 665 g/mol. The van der Waals surface area contributed by atoms with Gasteiger partial charge < -0.3 is 29.0 Å². The zero-order chi connectivity index (χ0) is 34.5. The van der Waals surface area contributed by atoms with Crippen LogP contribution in [0, 0.1) is 0 Å². The lowest BCUT2D eigenvalue weighted by Gasteiger charge is -2.25. The van der Waals surface area contributed by atoms with Gasteiger partial charge in [-0.1, -0.05) is 121 Å². The van der Waals surface area contributed by atoms with E-state index in [0.29, 0.717) is 12.3 Å². The second kappa shape index (κ2) is 17.4. The number of hydrogen-bond donors (Lipinski definition) is 2. The lowest BCUT2D eigenvalue weighted by Crippen LogP contribution is -2.39. The third-order valence-electron chi connectivity index (χ3n) is 7.60. The molecule has 1 aliphatic heterocycles. The van der Waals surface area contributed by atoms with Gasteiger partial charge in [0.15, 0.2) is 5.70 Å². The predicted octanol–water partition coefficient (Wildman–Crippen LogP) is 6.83. The third kappa shape index (κ3) is 11.0. The summed E-state index contributed by atoms with van der Waals surface area (Å²) in [6.45, 7) is 6.42. The van der Waals surface area contributed by atoms with Crippen molar-refractivity contribution in [2.45, 2.75) is 71.0 Å². The molecule has 4 aromatic carbocycles. The lowest BCUT2D eigenvalue weighted by molar-refractivity contribution is -0.150. The number of alkyl carbamates (subject to hydrolysis) is 1. The van der Waals surface area contributed by atoms with Crippen LogP contribution in [0.4, 0.5) is 4.79 Å². The number of rotatable bonds is 14. The molecule has 1 amide bonds. The molecule has 9 heteroatoms. The molecule has 5 rings (SSSR count). The molecule has 0 saturated carbocycles. The van der Waals surface area contributed by atoms with E-state index in [-0.39, 0.29) is 32.1 Å². The summed E-state index contributed by atoms with van der Waals surface area (Å²) in [5.41, 5.74) is 3.07. The molecule has 0 bridgehead atoms. The van der Waals surface area contributed by atoms with Crippen molar-refractivity contribution in [1.82, 2.24) is 10.6 Å². The summed E-state index contributed by atoms with van der Waals surface area (Å²) in [7, 11) is 0. The van der Waals surface area contributed by atoms with Crippen LogP contribution in [-0.4, -0.2) is 42.5 Å². The third-order valence-corrected chi connectivity index (χ3v) is 7.60. The van der Waals surface area contributed by atoms with Crippen LogP contribution in [0.2, 0.25) is 0 Å². The quantitative estimate of drug-likeness (QED) is 0.112. The van der Waals surface area contributed by atoms with Gasteiger partial charge in [-0.15, -0.1) is 0 Å². The molecule has 0 radical (unpaired) electrons. The topological polar surface area (TPSA) is 104 Å². The molecule has 3 atom stereocenters. The minimum atomic E-state index is -0.848. The molecule has 0 aliphatic carbocycles. The smallest absolute Gasteiger partial charge is 0.412 e. The zero-order valence-corrected chi connectivity index (χ0v) is 28.2. The van der Waals surface area contributed by atoms with Gasteiger partial charge in [-0.25, -0.2) is 9.59 Å². The van der Waals surface area contributed by atoms with Gasteiger partial charge in [0.25, 0.3) is 0 Å². The Morgan fingerprint density at radius 3 is 1.63 bits per heavy atom. The Kier molecular flexibility index (Phi) is 12.6. The number of amides is 1. The Balaban J connectivity index is 1.48. The number of nitrogens with one attached hydrogen (secondary N) is 2. The Morgan fingerprint density at radius 2 is 1.12 bits per heavy atom. The molecule has 9 nitrogen and oxygen atoms in total.